The first kappa shape index (κ1) is 17.5. The molecule has 0 aromatic carbocycles. The lowest BCUT2D eigenvalue weighted by Gasteiger charge is -2.31. The second-order valence-electron chi connectivity index (χ2n) is 6.24. The number of unbranched alkanes of at least 4 members (excludes halogenated alkanes) is 1. The third-order valence-electron chi connectivity index (χ3n) is 5.05. The van der Waals surface area contributed by atoms with Crippen LogP contribution in [0.2, 0.25) is 6.32 Å². The summed E-state index contributed by atoms with van der Waals surface area (Å²) in [6.07, 6.45) is 7.17. The molecule has 1 aliphatic rings. The Morgan fingerprint density at radius 1 is 1.35 bits per heavy atom. The lowest BCUT2D eigenvalue weighted by molar-refractivity contribution is -0.145. The molecule has 0 spiro atoms. The minimum Gasteiger partial charge on any atom is -0.480 e. The highest BCUT2D eigenvalue weighted by Gasteiger charge is 2.54. The third-order valence-corrected chi connectivity index (χ3v) is 5.05. The molecular weight excluding hydrogens is 253 g/mol. The van der Waals surface area contributed by atoms with Gasteiger partial charge in [0.1, 0.15) is 5.54 Å². The molecule has 0 aromatic heterocycles. The van der Waals surface area contributed by atoms with Crippen molar-refractivity contribution >= 4 is 13.5 Å². The molecule has 4 N–H and O–H groups in total. The molecule has 0 aromatic rings. The largest absolute Gasteiger partial charge is 0.480 e. The van der Waals surface area contributed by atoms with E-state index in [1.54, 1.807) is 0 Å². The van der Waals surface area contributed by atoms with Crippen molar-refractivity contribution in [3.63, 3.8) is 0 Å². The number of carbonyl (C=O) groups is 1. The van der Waals surface area contributed by atoms with Gasteiger partial charge in [0.2, 0.25) is 0 Å². The van der Waals surface area contributed by atoms with Gasteiger partial charge in [0, 0.05) is 0 Å². The highest BCUT2D eigenvalue weighted by Crippen LogP contribution is 2.49. The number of carboxylic acids is 1. The van der Waals surface area contributed by atoms with Gasteiger partial charge < -0.3 is 15.9 Å². The van der Waals surface area contributed by atoms with Crippen LogP contribution < -0.4 is 5.73 Å². The molecule has 4 atom stereocenters. The normalized spacial score (nSPS) is 33.3. The van der Waals surface area contributed by atoms with Gasteiger partial charge in [0.05, 0.1) is 0 Å². The number of rotatable bonds is 9. The van der Waals surface area contributed by atoms with E-state index in [1.165, 1.54) is 0 Å². The molecule has 5 heteroatoms. The highest BCUT2D eigenvalue weighted by atomic mass is 16.4. The van der Waals surface area contributed by atoms with Crippen molar-refractivity contribution in [2.45, 2.75) is 70.7 Å². The summed E-state index contributed by atoms with van der Waals surface area (Å²) in [5, 5.41) is 18.4. The third kappa shape index (κ3) is 3.76. The van der Waals surface area contributed by atoms with Gasteiger partial charge in [-0.1, -0.05) is 45.9 Å². The Balaban J connectivity index is 2.86. The number of nitrogens with two attached hydrogens (primary N) is 1. The molecular formula is C15H29BNO3. The van der Waals surface area contributed by atoms with Crippen molar-refractivity contribution < 1.29 is 14.9 Å². The molecule has 1 aliphatic carbocycles. The molecule has 0 heterocycles. The van der Waals surface area contributed by atoms with Gasteiger partial charge in [-0.15, -0.1) is 0 Å². The van der Waals surface area contributed by atoms with Crippen LogP contribution in [-0.4, -0.2) is 29.1 Å². The average molecular weight is 282 g/mol. The van der Waals surface area contributed by atoms with E-state index < -0.39 is 11.5 Å². The van der Waals surface area contributed by atoms with Crippen LogP contribution in [-0.2, 0) is 4.79 Å². The van der Waals surface area contributed by atoms with E-state index in [0.29, 0.717) is 24.6 Å². The quantitative estimate of drug-likeness (QED) is 0.448. The van der Waals surface area contributed by atoms with E-state index >= 15 is 0 Å². The van der Waals surface area contributed by atoms with Crippen LogP contribution in [0, 0.1) is 17.8 Å². The van der Waals surface area contributed by atoms with Gasteiger partial charge in [-0.05, 0) is 37.0 Å². The molecule has 0 aliphatic heterocycles. The molecule has 0 bridgehead atoms. The number of aliphatic carboxylic acids is 1. The predicted octanol–water partition coefficient (Wildman–Crippen LogP) is 2.43. The molecule has 4 nitrogen and oxygen atoms in total. The van der Waals surface area contributed by atoms with Crippen LogP contribution in [0.5, 0.6) is 0 Å². The zero-order valence-corrected chi connectivity index (χ0v) is 12.8. The highest BCUT2D eigenvalue weighted by molar-refractivity contribution is 6.25. The van der Waals surface area contributed by atoms with Crippen molar-refractivity contribution in [2.24, 2.45) is 23.5 Å². The van der Waals surface area contributed by atoms with E-state index in [1.807, 2.05) is 0 Å². The number of carboxylic acid groups (broad SMARTS) is 1. The van der Waals surface area contributed by atoms with Gasteiger partial charge in [0.25, 0.3) is 7.48 Å². The predicted molar refractivity (Wildman–Crippen MR) is 81.5 cm³/mol. The van der Waals surface area contributed by atoms with Gasteiger partial charge >= 0.3 is 5.97 Å². The van der Waals surface area contributed by atoms with E-state index in [2.05, 4.69) is 13.8 Å². The smallest absolute Gasteiger partial charge is 0.323 e. The van der Waals surface area contributed by atoms with Crippen LogP contribution in [0.3, 0.4) is 0 Å². The summed E-state index contributed by atoms with van der Waals surface area (Å²) in [5.74, 6) is 0.0230. The summed E-state index contributed by atoms with van der Waals surface area (Å²) in [4.78, 5) is 11.7. The lowest BCUT2D eigenvalue weighted by Crippen LogP contribution is -2.52. The van der Waals surface area contributed by atoms with Gasteiger partial charge in [0.15, 0.2) is 0 Å². The van der Waals surface area contributed by atoms with Crippen LogP contribution in [0.1, 0.15) is 58.8 Å². The molecule has 1 saturated carbocycles. The summed E-state index contributed by atoms with van der Waals surface area (Å²) in [7, 11) is 1.16. The Kier molecular flexibility index (Phi) is 7.03. The fourth-order valence-electron chi connectivity index (χ4n) is 3.92. The number of hydrogen-bond donors (Lipinski definition) is 3. The summed E-state index contributed by atoms with van der Waals surface area (Å²) in [6.45, 7) is 4.30. The van der Waals surface area contributed by atoms with Crippen molar-refractivity contribution in [3.8, 4) is 0 Å². The van der Waals surface area contributed by atoms with Crippen molar-refractivity contribution in [1.82, 2.24) is 0 Å². The maximum atomic E-state index is 11.7. The molecule has 1 rings (SSSR count). The Bertz CT molecular complexity index is 313. The van der Waals surface area contributed by atoms with Gasteiger partial charge in [-0.2, -0.15) is 0 Å². The molecule has 20 heavy (non-hydrogen) atoms. The zero-order valence-electron chi connectivity index (χ0n) is 12.8. The number of hydrogen-bond acceptors (Lipinski definition) is 3. The fourth-order valence-corrected chi connectivity index (χ4v) is 3.92. The van der Waals surface area contributed by atoms with E-state index in [4.69, 9.17) is 10.8 Å². The summed E-state index contributed by atoms with van der Waals surface area (Å²) in [5.41, 5.74) is 5.21. The van der Waals surface area contributed by atoms with E-state index in [9.17, 15) is 9.90 Å². The molecule has 115 valence electrons. The van der Waals surface area contributed by atoms with Crippen molar-refractivity contribution in [3.05, 3.63) is 0 Å². The SMILES string of the molecule is CCCCC1C(CC)CC(N)(C(=O)O)C1CCC[B]O. The minimum atomic E-state index is -1.07. The molecule has 0 saturated heterocycles. The van der Waals surface area contributed by atoms with Crippen LogP contribution in [0.4, 0.5) is 0 Å². The van der Waals surface area contributed by atoms with Crippen molar-refractivity contribution in [2.75, 3.05) is 0 Å². The van der Waals surface area contributed by atoms with Crippen LogP contribution in [0.15, 0.2) is 0 Å². The standard InChI is InChI=1S/C15H29BNO3/c1-3-5-7-12-11(4-2)10-15(17,14(18)19)13(12)8-6-9-16-20/h11-13,20H,3-10,17H2,1-2H3,(H,18,19). The Morgan fingerprint density at radius 3 is 2.55 bits per heavy atom. The Labute approximate surface area is 123 Å². The maximum absolute atomic E-state index is 11.7. The lowest BCUT2D eigenvalue weighted by atomic mass is 9.76. The summed E-state index contributed by atoms with van der Waals surface area (Å²) >= 11 is 0. The zero-order chi connectivity index (χ0) is 15.2. The second-order valence-corrected chi connectivity index (χ2v) is 6.24. The molecule has 1 radical (unpaired) electrons. The van der Waals surface area contributed by atoms with Crippen molar-refractivity contribution in [1.29, 1.82) is 0 Å². The first-order valence-electron chi connectivity index (χ1n) is 7.99. The monoisotopic (exact) mass is 282 g/mol. The fraction of sp³-hybridized carbons (Fsp3) is 0.933. The maximum Gasteiger partial charge on any atom is 0.323 e. The topological polar surface area (TPSA) is 83.6 Å². The summed E-state index contributed by atoms with van der Waals surface area (Å²) in [6, 6.07) is 0. The first-order valence-corrected chi connectivity index (χ1v) is 7.99. The van der Waals surface area contributed by atoms with Gasteiger partial charge in [-0.25, -0.2) is 0 Å². The first-order chi connectivity index (χ1) is 9.51. The minimum absolute atomic E-state index is 0.0384. The molecule has 1 fully saturated rings. The van der Waals surface area contributed by atoms with E-state index in [0.717, 1.165) is 46.0 Å². The van der Waals surface area contributed by atoms with Crippen LogP contribution >= 0.6 is 0 Å². The average Bonchev–Trinajstić information content (AvgIpc) is 2.71. The Morgan fingerprint density at radius 2 is 2.05 bits per heavy atom. The van der Waals surface area contributed by atoms with Crippen LogP contribution in [0.25, 0.3) is 0 Å². The molecule has 4 unspecified atom stereocenters. The Hall–Kier alpha value is -0.545. The van der Waals surface area contributed by atoms with E-state index in [-0.39, 0.29) is 5.92 Å². The second kappa shape index (κ2) is 8.03. The van der Waals surface area contributed by atoms with Gasteiger partial charge in [-0.3, -0.25) is 4.79 Å². The summed E-state index contributed by atoms with van der Waals surface area (Å²) < 4.78 is 0. The molecule has 0 amide bonds.